The minimum Gasteiger partial charge on any atom is -0.467 e. The molecule has 2 aromatic heterocycles. The Morgan fingerprint density at radius 2 is 1.62 bits per heavy atom. The van der Waals surface area contributed by atoms with Crippen molar-refractivity contribution >= 4 is 29.0 Å². The molecule has 12 nitrogen and oxygen atoms in total. The number of aromatic nitrogens is 4. The van der Waals surface area contributed by atoms with E-state index in [0.717, 1.165) is 30.8 Å². The number of imide groups is 1. The summed E-state index contributed by atoms with van der Waals surface area (Å²) < 4.78 is 23.8. The van der Waals surface area contributed by atoms with E-state index in [0.29, 0.717) is 22.5 Å². The molecule has 0 radical (unpaired) electrons. The number of nitrogens with one attached hydrogen (secondary N) is 1. The maximum Gasteiger partial charge on any atom is 0.425 e. The van der Waals surface area contributed by atoms with E-state index >= 15 is 0 Å². The second-order valence-corrected chi connectivity index (χ2v) is 11.6. The van der Waals surface area contributed by atoms with Crippen molar-refractivity contribution in [2.24, 2.45) is 0 Å². The van der Waals surface area contributed by atoms with Gasteiger partial charge in [-0.25, -0.2) is 9.59 Å². The van der Waals surface area contributed by atoms with Gasteiger partial charge in [0.05, 0.1) is 17.3 Å². The molecule has 0 saturated carbocycles. The Morgan fingerprint density at radius 1 is 1.00 bits per heavy atom. The largest absolute Gasteiger partial charge is 0.467 e. The van der Waals surface area contributed by atoms with Crippen LogP contribution in [0, 0.1) is 0 Å². The van der Waals surface area contributed by atoms with Gasteiger partial charge in [-0.2, -0.15) is 10.00 Å². The van der Waals surface area contributed by atoms with Crippen molar-refractivity contribution in [3.8, 4) is 17.0 Å². The van der Waals surface area contributed by atoms with Crippen LogP contribution in [0.15, 0.2) is 30.3 Å². The van der Waals surface area contributed by atoms with Crippen LogP contribution in [0.5, 0.6) is 5.75 Å². The van der Waals surface area contributed by atoms with Crippen LogP contribution < -0.4 is 15.0 Å². The molecule has 0 aliphatic carbocycles. The van der Waals surface area contributed by atoms with Gasteiger partial charge in [0.2, 0.25) is 0 Å². The first-order valence-corrected chi connectivity index (χ1v) is 13.3. The molecule has 1 aromatic carbocycles. The van der Waals surface area contributed by atoms with Crippen molar-refractivity contribution in [2.45, 2.75) is 71.6 Å². The average molecular weight is 555 g/mol. The SMILES string of the molecule is COCOc1ccccc1-c1cc2c(nn1)c(N(C(=O)OC(C)(C)C)C(=O)OC(C)(C)C)nn2C1CCNCC1. The van der Waals surface area contributed by atoms with Crippen LogP contribution >= 0.6 is 0 Å². The maximum atomic E-state index is 13.4. The number of carbonyl (C=O) groups excluding carboxylic acids is 2. The first kappa shape index (κ1) is 29.2. The minimum atomic E-state index is -0.914. The van der Waals surface area contributed by atoms with Crippen LogP contribution in [0.4, 0.5) is 15.4 Å². The third kappa shape index (κ3) is 6.86. The lowest BCUT2D eigenvalue weighted by atomic mass is 10.1. The quantitative estimate of drug-likeness (QED) is 0.412. The predicted octanol–water partition coefficient (Wildman–Crippen LogP) is 5.08. The zero-order chi connectivity index (χ0) is 29.1. The highest BCUT2D eigenvalue weighted by atomic mass is 16.7. The highest BCUT2D eigenvalue weighted by molar-refractivity contribution is 6.13. The van der Waals surface area contributed by atoms with Crippen LogP contribution in [-0.4, -0.2) is 70.4 Å². The molecule has 3 heterocycles. The van der Waals surface area contributed by atoms with Gasteiger partial charge in [0, 0.05) is 12.7 Å². The molecule has 0 bridgehead atoms. The molecule has 40 heavy (non-hydrogen) atoms. The number of ether oxygens (including phenoxy) is 4. The number of fused-ring (bicyclic) bond motifs is 1. The Bertz CT molecular complexity index is 1330. The summed E-state index contributed by atoms with van der Waals surface area (Å²) in [4.78, 5) is 27.6. The number of para-hydroxylation sites is 1. The number of benzene rings is 1. The van der Waals surface area contributed by atoms with Gasteiger partial charge in [-0.1, -0.05) is 12.1 Å². The lowest BCUT2D eigenvalue weighted by Gasteiger charge is -2.27. The number of anilines is 1. The summed E-state index contributed by atoms with van der Waals surface area (Å²) in [6, 6.07) is 9.29. The van der Waals surface area contributed by atoms with Gasteiger partial charge in [0.25, 0.3) is 0 Å². The average Bonchev–Trinajstić information content (AvgIpc) is 3.24. The number of hydrogen-bond acceptors (Lipinski definition) is 10. The Morgan fingerprint density at radius 3 is 2.23 bits per heavy atom. The van der Waals surface area contributed by atoms with Gasteiger partial charge in [-0.15, -0.1) is 10.2 Å². The summed E-state index contributed by atoms with van der Waals surface area (Å²) in [6.45, 7) is 12.0. The third-order valence-electron chi connectivity index (χ3n) is 5.95. The van der Waals surface area contributed by atoms with Crippen LogP contribution in [0.1, 0.15) is 60.4 Å². The molecule has 3 aromatic rings. The molecule has 2 amide bonds. The van der Waals surface area contributed by atoms with Crippen LogP contribution in [0.2, 0.25) is 0 Å². The van der Waals surface area contributed by atoms with Crippen molar-refractivity contribution in [1.29, 1.82) is 0 Å². The molecule has 1 fully saturated rings. The fourth-order valence-corrected chi connectivity index (χ4v) is 4.32. The number of nitrogens with zero attached hydrogens (tertiary/aromatic N) is 5. The summed E-state index contributed by atoms with van der Waals surface area (Å²) >= 11 is 0. The van der Waals surface area contributed by atoms with Crippen molar-refractivity contribution in [2.75, 3.05) is 31.9 Å². The summed E-state index contributed by atoms with van der Waals surface area (Å²) in [5, 5.41) is 17.1. The molecule has 1 saturated heterocycles. The van der Waals surface area contributed by atoms with E-state index in [1.807, 2.05) is 35.0 Å². The Balaban J connectivity index is 1.89. The van der Waals surface area contributed by atoms with Gasteiger partial charge in [0.15, 0.2) is 18.1 Å². The summed E-state index contributed by atoms with van der Waals surface area (Å²) in [5.41, 5.74) is 0.414. The molecule has 1 aliphatic rings. The molecule has 4 rings (SSSR count). The van der Waals surface area contributed by atoms with Gasteiger partial charge in [-0.3, -0.25) is 4.68 Å². The van der Waals surface area contributed by atoms with Crippen LogP contribution in [0.25, 0.3) is 22.3 Å². The number of rotatable bonds is 6. The first-order chi connectivity index (χ1) is 18.9. The van der Waals surface area contributed by atoms with Crippen LogP contribution in [-0.2, 0) is 14.2 Å². The fourth-order valence-electron chi connectivity index (χ4n) is 4.32. The molecular formula is C28H38N6O6. The monoisotopic (exact) mass is 554 g/mol. The molecular weight excluding hydrogens is 516 g/mol. The van der Waals surface area contributed by atoms with Crippen LogP contribution in [0.3, 0.4) is 0 Å². The van der Waals surface area contributed by atoms with Crippen molar-refractivity contribution in [1.82, 2.24) is 25.3 Å². The number of piperidine rings is 1. The fraction of sp³-hybridized carbons (Fsp3) is 0.536. The van der Waals surface area contributed by atoms with Crippen molar-refractivity contribution < 1.29 is 28.5 Å². The molecule has 1 N–H and O–H groups in total. The summed E-state index contributed by atoms with van der Waals surface area (Å²) in [6.07, 6.45) is -0.216. The Kier molecular flexibility index (Phi) is 8.59. The van der Waals surface area contributed by atoms with Crippen molar-refractivity contribution in [3.63, 3.8) is 0 Å². The van der Waals surface area contributed by atoms with E-state index in [1.165, 1.54) is 0 Å². The first-order valence-electron chi connectivity index (χ1n) is 13.3. The predicted molar refractivity (Wildman–Crippen MR) is 149 cm³/mol. The number of carbonyl (C=O) groups is 2. The van der Waals surface area contributed by atoms with E-state index in [2.05, 4.69) is 15.5 Å². The molecule has 0 spiro atoms. The highest BCUT2D eigenvalue weighted by Gasteiger charge is 2.37. The zero-order valence-electron chi connectivity index (χ0n) is 24.2. The Hall–Kier alpha value is -3.77. The molecule has 0 unspecified atom stereocenters. The summed E-state index contributed by atoms with van der Waals surface area (Å²) in [7, 11) is 1.55. The normalized spacial score (nSPS) is 14.7. The van der Waals surface area contributed by atoms with Gasteiger partial charge < -0.3 is 24.3 Å². The third-order valence-corrected chi connectivity index (χ3v) is 5.95. The van der Waals surface area contributed by atoms with E-state index in [-0.39, 0.29) is 24.2 Å². The van der Waals surface area contributed by atoms with Crippen molar-refractivity contribution in [3.05, 3.63) is 30.3 Å². The van der Waals surface area contributed by atoms with E-state index in [1.54, 1.807) is 48.7 Å². The molecule has 0 atom stereocenters. The number of methoxy groups -OCH3 is 1. The number of amides is 2. The zero-order valence-corrected chi connectivity index (χ0v) is 24.2. The lowest BCUT2D eigenvalue weighted by Crippen LogP contribution is -2.44. The highest BCUT2D eigenvalue weighted by Crippen LogP contribution is 2.35. The maximum absolute atomic E-state index is 13.4. The minimum absolute atomic E-state index is 0.000000727. The summed E-state index contributed by atoms with van der Waals surface area (Å²) in [5.74, 6) is 0.579. The number of hydrogen-bond donors (Lipinski definition) is 1. The van der Waals surface area contributed by atoms with E-state index < -0.39 is 23.4 Å². The molecule has 12 heteroatoms. The second-order valence-electron chi connectivity index (χ2n) is 11.6. The van der Waals surface area contributed by atoms with Gasteiger partial charge in [0.1, 0.15) is 17.0 Å². The second kappa shape index (κ2) is 11.8. The lowest BCUT2D eigenvalue weighted by molar-refractivity contribution is 0.0428. The van der Waals surface area contributed by atoms with E-state index in [4.69, 9.17) is 24.0 Å². The topological polar surface area (TPSA) is 130 Å². The Labute approximate surface area is 233 Å². The molecule has 216 valence electrons. The molecule has 1 aliphatic heterocycles. The standard InChI is InChI=1S/C28H38N6O6/c1-27(2,3)39-25(35)33(26(36)40-28(4,5)6)24-23-21(34(32-24)18-12-14-29-15-13-18)16-20(30-31-23)19-10-8-9-11-22(19)38-17-37-7/h8-11,16,18,29H,12-15,17H2,1-7H3. The van der Waals surface area contributed by atoms with E-state index in [9.17, 15) is 9.59 Å². The van der Waals surface area contributed by atoms with Gasteiger partial charge >= 0.3 is 12.2 Å². The smallest absolute Gasteiger partial charge is 0.425 e. The van der Waals surface area contributed by atoms with Gasteiger partial charge in [-0.05, 0) is 85.7 Å².